The van der Waals surface area contributed by atoms with Gasteiger partial charge in [-0.2, -0.15) is 4.37 Å². The van der Waals surface area contributed by atoms with E-state index in [2.05, 4.69) is 33.4 Å². The van der Waals surface area contributed by atoms with Gasteiger partial charge >= 0.3 is 0 Å². The standard InChI is InChI=1S/C23H33FN4OS/c1-3-5-6-19(4-2)22(29)25-16-18-11-13-28(14-12-18)23-26-21(27-30-23)15-17-7-9-20(24)10-8-17/h7-10,18-19H,3-6,11-16H2,1-2H3,(H,25,29). The van der Waals surface area contributed by atoms with Gasteiger partial charge in [0.15, 0.2) is 0 Å². The van der Waals surface area contributed by atoms with E-state index in [4.69, 9.17) is 0 Å². The van der Waals surface area contributed by atoms with Gasteiger partial charge in [0, 0.05) is 43.5 Å². The lowest BCUT2D eigenvalue weighted by atomic mass is 9.95. The summed E-state index contributed by atoms with van der Waals surface area (Å²) in [5.74, 6) is 1.47. The van der Waals surface area contributed by atoms with Crippen LogP contribution in [-0.4, -0.2) is 34.9 Å². The van der Waals surface area contributed by atoms with E-state index in [1.165, 1.54) is 23.7 Å². The van der Waals surface area contributed by atoms with E-state index in [-0.39, 0.29) is 17.6 Å². The van der Waals surface area contributed by atoms with Crippen LogP contribution in [0.15, 0.2) is 24.3 Å². The van der Waals surface area contributed by atoms with Crippen LogP contribution in [0.25, 0.3) is 0 Å². The highest BCUT2D eigenvalue weighted by atomic mass is 32.1. The van der Waals surface area contributed by atoms with Crippen LogP contribution in [0.2, 0.25) is 0 Å². The van der Waals surface area contributed by atoms with Crippen LogP contribution in [0.1, 0.15) is 63.8 Å². The number of hydrogen-bond donors (Lipinski definition) is 1. The van der Waals surface area contributed by atoms with Gasteiger partial charge < -0.3 is 10.2 Å². The normalized spacial score (nSPS) is 15.9. The number of rotatable bonds is 10. The van der Waals surface area contributed by atoms with Gasteiger partial charge in [0.25, 0.3) is 0 Å². The molecule has 0 bridgehead atoms. The molecule has 1 aliphatic heterocycles. The number of nitrogens with one attached hydrogen (secondary N) is 1. The predicted octanol–water partition coefficient (Wildman–Crippen LogP) is 4.82. The summed E-state index contributed by atoms with van der Waals surface area (Å²) in [5.41, 5.74) is 1.01. The summed E-state index contributed by atoms with van der Waals surface area (Å²) in [6.07, 6.45) is 6.90. The smallest absolute Gasteiger partial charge is 0.223 e. The maximum Gasteiger partial charge on any atom is 0.223 e. The molecule has 1 unspecified atom stereocenters. The summed E-state index contributed by atoms with van der Waals surface area (Å²) in [4.78, 5) is 19.4. The van der Waals surface area contributed by atoms with Crippen molar-refractivity contribution < 1.29 is 9.18 Å². The number of amides is 1. The summed E-state index contributed by atoms with van der Waals surface area (Å²) in [6.45, 7) is 6.94. The Morgan fingerprint density at radius 1 is 1.27 bits per heavy atom. The van der Waals surface area contributed by atoms with Gasteiger partial charge in [-0.3, -0.25) is 4.79 Å². The molecule has 3 rings (SSSR count). The first-order chi connectivity index (χ1) is 14.6. The summed E-state index contributed by atoms with van der Waals surface area (Å²) in [6, 6.07) is 6.50. The molecular formula is C23H33FN4OS. The van der Waals surface area contributed by atoms with Crippen molar-refractivity contribution in [3.05, 3.63) is 41.5 Å². The zero-order valence-electron chi connectivity index (χ0n) is 18.1. The van der Waals surface area contributed by atoms with Crippen molar-refractivity contribution in [2.75, 3.05) is 24.5 Å². The molecular weight excluding hydrogens is 399 g/mol. The minimum Gasteiger partial charge on any atom is -0.356 e. The van der Waals surface area contributed by atoms with Gasteiger partial charge in [-0.15, -0.1) is 0 Å². The first kappa shape index (κ1) is 22.7. The molecule has 164 valence electrons. The third-order valence-corrected chi connectivity index (χ3v) is 6.77. The number of halogens is 1. The Morgan fingerprint density at radius 2 is 2.00 bits per heavy atom. The number of carbonyl (C=O) groups is 1. The van der Waals surface area contributed by atoms with Crippen molar-refractivity contribution in [3.63, 3.8) is 0 Å². The topological polar surface area (TPSA) is 58.1 Å². The highest BCUT2D eigenvalue weighted by molar-refractivity contribution is 7.09. The van der Waals surface area contributed by atoms with E-state index < -0.39 is 0 Å². The number of benzene rings is 1. The van der Waals surface area contributed by atoms with E-state index in [1.807, 2.05) is 0 Å². The molecule has 0 spiro atoms. The number of aromatic nitrogens is 2. The number of carbonyl (C=O) groups excluding carboxylic acids is 1. The van der Waals surface area contributed by atoms with Crippen LogP contribution in [0.3, 0.4) is 0 Å². The maximum absolute atomic E-state index is 13.1. The third kappa shape index (κ3) is 6.49. The van der Waals surface area contributed by atoms with E-state index >= 15 is 0 Å². The predicted molar refractivity (Wildman–Crippen MR) is 120 cm³/mol. The average molecular weight is 433 g/mol. The Hall–Kier alpha value is -2.02. The molecule has 1 aromatic heterocycles. The van der Waals surface area contributed by atoms with E-state index in [0.717, 1.165) is 74.7 Å². The second kappa shape index (κ2) is 11.4. The molecule has 2 heterocycles. The second-order valence-electron chi connectivity index (χ2n) is 8.22. The molecule has 0 aliphatic carbocycles. The lowest BCUT2D eigenvalue weighted by Gasteiger charge is -2.31. The number of hydrogen-bond acceptors (Lipinski definition) is 5. The fourth-order valence-corrected chi connectivity index (χ4v) is 4.66. The fourth-order valence-electron chi connectivity index (χ4n) is 3.92. The van der Waals surface area contributed by atoms with Crippen LogP contribution in [0.5, 0.6) is 0 Å². The van der Waals surface area contributed by atoms with Gasteiger partial charge in [-0.1, -0.05) is 38.8 Å². The lowest BCUT2D eigenvalue weighted by molar-refractivity contribution is -0.125. The summed E-state index contributed by atoms with van der Waals surface area (Å²) < 4.78 is 17.5. The molecule has 1 aliphatic rings. The minimum absolute atomic E-state index is 0.158. The van der Waals surface area contributed by atoms with Crippen LogP contribution in [0.4, 0.5) is 9.52 Å². The van der Waals surface area contributed by atoms with E-state index in [9.17, 15) is 9.18 Å². The molecule has 5 nitrogen and oxygen atoms in total. The Kier molecular flexibility index (Phi) is 8.61. The molecule has 1 N–H and O–H groups in total. The van der Waals surface area contributed by atoms with E-state index in [0.29, 0.717) is 12.3 Å². The first-order valence-electron chi connectivity index (χ1n) is 11.2. The molecule has 0 radical (unpaired) electrons. The van der Waals surface area contributed by atoms with Gasteiger partial charge in [-0.25, -0.2) is 9.37 Å². The van der Waals surface area contributed by atoms with Crippen molar-refractivity contribution in [2.45, 2.75) is 58.8 Å². The van der Waals surface area contributed by atoms with Gasteiger partial charge in [-0.05, 0) is 49.3 Å². The van der Waals surface area contributed by atoms with Gasteiger partial charge in [0.05, 0.1) is 0 Å². The lowest BCUT2D eigenvalue weighted by Crippen LogP contribution is -2.40. The molecule has 1 atom stereocenters. The first-order valence-corrected chi connectivity index (χ1v) is 12.0. The van der Waals surface area contributed by atoms with Crippen LogP contribution in [-0.2, 0) is 11.2 Å². The molecule has 0 saturated carbocycles. The van der Waals surface area contributed by atoms with Crippen molar-refractivity contribution in [3.8, 4) is 0 Å². The molecule has 1 amide bonds. The number of nitrogens with zero attached hydrogens (tertiary/aromatic N) is 3. The van der Waals surface area contributed by atoms with Crippen molar-refractivity contribution in [1.82, 2.24) is 14.7 Å². The quantitative estimate of drug-likeness (QED) is 0.585. The SMILES string of the molecule is CCCCC(CC)C(=O)NCC1CCN(c2nc(Cc3ccc(F)cc3)ns2)CC1. The Bertz CT molecular complexity index is 787. The molecule has 7 heteroatoms. The zero-order chi connectivity index (χ0) is 21.3. The number of piperidine rings is 1. The van der Waals surface area contributed by atoms with Gasteiger partial charge in [0.2, 0.25) is 11.0 Å². The highest BCUT2D eigenvalue weighted by Crippen LogP contribution is 2.25. The average Bonchev–Trinajstić information content (AvgIpc) is 3.23. The van der Waals surface area contributed by atoms with Gasteiger partial charge in [0.1, 0.15) is 11.6 Å². The van der Waals surface area contributed by atoms with Crippen LogP contribution in [0, 0.1) is 17.7 Å². The molecule has 1 fully saturated rings. The molecule has 1 aromatic carbocycles. The second-order valence-corrected chi connectivity index (χ2v) is 8.95. The number of unbranched alkanes of at least 4 members (excludes halogenated alkanes) is 1. The number of anilines is 1. The van der Waals surface area contributed by atoms with Crippen LogP contribution < -0.4 is 10.2 Å². The summed E-state index contributed by atoms with van der Waals surface area (Å²) >= 11 is 1.43. The molecule has 30 heavy (non-hydrogen) atoms. The highest BCUT2D eigenvalue weighted by Gasteiger charge is 2.23. The fraction of sp³-hybridized carbons (Fsp3) is 0.609. The van der Waals surface area contributed by atoms with Crippen LogP contribution >= 0.6 is 11.5 Å². The maximum atomic E-state index is 13.1. The molecule has 2 aromatic rings. The van der Waals surface area contributed by atoms with Crippen molar-refractivity contribution in [1.29, 1.82) is 0 Å². The summed E-state index contributed by atoms with van der Waals surface area (Å²) in [7, 11) is 0. The third-order valence-electron chi connectivity index (χ3n) is 5.95. The van der Waals surface area contributed by atoms with Crippen molar-refractivity contribution >= 4 is 22.6 Å². The summed E-state index contributed by atoms with van der Waals surface area (Å²) in [5, 5.41) is 4.15. The van der Waals surface area contributed by atoms with Crippen molar-refractivity contribution in [2.24, 2.45) is 11.8 Å². The minimum atomic E-state index is -0.226. The van der Waals surface area contributed by atoms with E-state index in [1.54, 1.807) is 12.1 Å². The Balaban J connectivity index is 1.42. The zero-order valence-corrected chi connectivity index (χ0v) is 18.9. The Labute approximate surface area is 183 Å². The monoisotopic (exact) mass is 432 g/mol. The molecule has 1 saturated heterocycles. The Morgan fingerprint density at radius 3 is 2.67 bits per heavy atom. The largest absolute Gasteiger partial charge is 0.356 e.